The third-order valence-corrected chi connectivity index (χ3v) is 3.62. The highest BCUT2D eigenvalue weighted by molar-refractivity contribution is 6.07. The molecule has 20 heavy (non-hydrogen) atoms. The molecule has 2 aromatic rings. The average Bonchev–Trinajstić information content (AvgIpc) is 2.82. The summed E-state index contributed by atoms with van der Waals surface area (Å²) in [6, 6.07) is 9.64. The normalized spacial score (nSPS) is 15.5. The highest BCUT2D eigenvalue weighted by atomic mass is 16.1. The molecular formula is C16H17N3O. The number of ketones is 1. The molecule has 0 amide bonds. The first-order chi connectivity index (χ1) is 9.86. The number of rotatable bonds is 3. The molecule has 1 heterocycles. The Morgan fingerprint density at radius 3 is 2.80 bits per heavy atom. The van der Waals surface area contributed by atoms with E-state index in [9.17, 15) is 4.79 Å². The lowest BCUT2D eigenvalue weighted by Crippen LogP contribution is -2.11. The van der Waals surface area contributed by atoms with Crippen molar-refractivity contribution in [1.29, 1.82) is 0 Å². The van der Waals surface area contributed by atoms with Gasteiger partial charge in [0.2, 0.25) is 5.78 Å². The molecule has 4 nitrogen and oxygen atoms in total. The minimum Gasteiger partial charge on any atom is -0.287 e. The number of Topliss-reactive ketones (excluding diaryl/α,β-unsaturated/α-hetero) is 1. The van der Waals surface area contributed by atoms with E-state index in [-0.39, 0.29) is 5.78 Å². The molecule has 1 aliphatic rings. The molecule has 0 N–H and O–H groups in total. The van der Waals surface area contributed by atoms with Crippen LogP contribution in [0.1, 0.15) is 42.6 Å². The Kier molecular flexibility index (Phi) is 3.72. The zero-order valence-electron chi connectivity index (χ0n) is 11.3. The van der Waals surface area contributed by atoms with Gasteiger partial charge in [0.25, 0.3) is 0 Å². The SMILES string of the molecule is O=C(C1=CCCCCC1)c1cnnn1-c1ccccc1. The molecule has 4 heteroatoms. The minimum absolute atomic E-state index is 0.0563. The molecule has 1 aromatic heterocycles. The molecule has 0 fully saturated rings. The van der Waals surface area contributed by atoms with Gasteiger partial charge >= 0.3 is 0 Å². The first-order valence-corrected chi connectivity index (χ1v) is 7.06. The maximum Gasteiger partial charge on any atom is 0.208 e. The maximum absolute atomic E-state index is 12.6. The van der Waals surface area contributed by atoms with Gasteiger partial charge in [0.05, 0.1) is 11.9 Å². The van der Waals surface area contributed by atoms with Crippen molar-refractivity contribution >= 4 is 5.78 Å². The van der Waals surface area contributed by atoms with Crippen molar-refractivity contribution in [1.82, 2.24) is 15.0 Å². The van der Waals surface area contributed by atoms with E-state index in [1.807, 2.05) is 30.3 Å². The van der Waals surface area contributed by atoms with Crippen LogP contribution >= 0.6 is 0 Å². The van der Waals surface area contributed by atoms with Crippen LogP contribution in [0.3, 0.4) is 0 Å². The molecule has 0 saturated heterocycles. The van der Waals surface area contributed by atoms with Crippen molar-refractivity contribution in [2.45, 2.75) is 32.1 Å². The smallest absolute Gasteiger partial charge is 0.208 e. The molecule has 0 radical (unpaired) electrons. The van der Waals surface area contributed by atoms with E-state index in [0.29, 0.717) is 5.69 Å². The molecule has 0 bridgehead atoms. The Hall–Kier alpha value is -2.23. The molecule has 3 rings (SSSR count). The molecule has 102 valence electrons. The summed E-state index contributed by atoms with van der Waals surface area (Å²) in [4.78, 5) is 12.6. The second kappa shape index (κ2) is 5.82. The first-order valence-electron chi connectivity index (χ1n) is 7.06. The Morgan fingerprint density at radius 2 is 1.95 bits per heavy atom. The lowest BCUT2D eigenvalue weighted by molar-refractivity contribution is 0.102. The lowest BCUT2D eigenvalue weighted by atomic mass is 10.0. The third-order valence-electron chi connectivity index (χ3n) is 3.62. The van der Waals surface area contributed by atoms with Crippen molar-refractivity contribution in [2.75, 3.05) is 0 Å². The number of para-hydroxylation sites is 1. The number of carbonyl (C=O) groups is 1. The standard InChI is InChI=1S/C16H17N3O/c20-16(13-8-4-1-2-5-9-13)15-12-17-18-19(15)14-10-6-3-7-11-14/h3,6-8,10-12H,1-2,4-5,9H2. The summed E-state index contributed by atoms with van der Waals surface area (Å²) in [7, 11) is 0. The highest BCUT2D eigenvalue weighted by Gasteiger charge is 2.19. The van der Waals surface area contributed by atoms with Crippen molar-refractivity contribution in [3.05, 3.63) is 53.9 Å². The van der Waals surface area contributed by atoms with Gasteiger partial charge in [-0.1, -0.05) is 35.9 Å². The van der Waals surface area contributed by atoms with E-state index in [0.717, 1.165) is 30.5 Å². The highest BCUT2D eigenvalue weighted by Crippen LogP contribution is 2.21. The predicted molar refractivity (Wildman–Crippen MR) is 76.9 cm³/mol. The second-order valence-corrected chi connectivity index (χ2v) is 5.02. The Morgan fingerprint density at radius 1 is 1.10 bits per heavy atom. The molecule has 0 aliphatic heterocycles. The van der Waals surface area contributed by atoms with Gasteiger partial charge in [-0.25, -0.2) is 4.68 Å². The van der Waals surface area contributed by atoms with Gasteiger partial charge in [0, 0.05) is 0 Å². The topological polar surface area (TPSA) is 47.8 Å². The number of allylic oxidation sites excluding steroid dienone is 2. The zero-order valence-corrected chi connectivity index (χ0v) is 11.3. The fourth-order valence-corrected chi connectivity index (χ4v) is 2.54. The van der Waals surface area contributed by atoms with Crippen LogP contribution in [-0.4, -0.2) is 20.8 Å². The molecule has 0 spiro atoms. The number of hydrogen-bond acceptors (Lipinski definition) is 3. The fourth-order valence-electron chi connectivity index (χ4n) is 2.54. The molecule has 0 atom stereocenters. The van der Waals surface area contributed by atoms with E-state index < -0.39 is 0 Å². The van der Waals surface area contributed by atoms with Gasteiger partial charge in [-0.05, 0) is 43.4 Å². The summed E-state index contributed by atoms with van der Waals surface area (Å²) >= 11 is 0. The number of hydrogen-bond donors (Lipinski definition) is 0. The third kappa shape index (κ3) is 2.54. The zero-order chi connectivity index (χ0) is 13.8. The number of aromatic nitrogens is 3. The van der Waals surface area contributed by atoms with Gasteiger partial charge in [-0.2, -0.15) is 0 Å². The minimum atomic E-state index is 0.0563. The molecule has 0 unspecified atom stereocenters. The number of carbonyl (C=O) groups excluding carboxylic acids is 1. The molecule has 1 aromatic carbocycles. The summed E-state index contributed by atoms with van der Waals surface area (Å²) in [5.41, 5.74) is 2.31. The van der Waals surface area contributed by atoms with Crippen molar-refractivity contribution in [2.24, 2.45) is 0 Å². The Bertz CT molecular complexity index is 628. The Balaban J connectivity index is 1.93. The van der Waals surface area contributed by atoms with Crippen LogP contribution in [0.2, 0.25) is 0 Å². The summed E-state index contributed by atoms with van der Waals surface area (Å²) in [6.45, 7) is 0. The van der Waals surface area contributed by atoms with Crippen molar-refractivity contribution in [3.8, 4) is 5.69 Å². The number of benzene rings is 1. The van der Waals surface area contributed by atoms with E-state index in [2.05, 4.69) is 16.4 Å². The fraction of sp³-hybridized carbons (Fsp3) is 0.312. The number of nitrogens with zero attached hydrogens (tertiary/aromatic N) is 3. The van der Waals surface area contributed by atoms with Crippen LogP contribution in [-0.2, 0) is 0 Å². The predicted octanol–water partition coefficient (Wildman–Crippen LogP) is 3.34. The van der Waals surface area contributed by atoms with Crippen molar-refractivity contribution < 1.29 is 4.79 Å². The van der Waals surface area contributed by atoms with E-state index in [1.54, 1.807) is 10.9 Å². The average molecular weight is 267 g/mol. The van der Waals surface area contributed by atoms with Gasteiger partial charge < -0.3 is 0 Å². The quantitative estimate of drug-likeness (QED) is 0.801. The van der Waals surface area contributed by atoms with Crippen LogP contribution in [0.5, 0.6) is 0 Å². The van der Waals surface area contributed by atoms with E-state index >= 15 is 0 Å². The van der Waals surface area contributed by atoms with E-state index in [4.69, 9.17) is 0 Å². The van der Waals surface area contributed by atoms with Gasteiger partial charge in [0.1, 0.15) is 5.69 Å². The van der Waals surface area contributed by atoms with Gasteiger partial charge in [0.15, 0.2) is 0 Å². The van der Waals surface area contributed by atoms with Crippen molar-refractivity contribution in [3.63, 3.8) is 0 Å². The molecule has 1 aliphatic carbocycles. The van der Waals surface area contributed by atoms with Crippen LogP contribution in [0, 0.1) is 0 Å². The van der Waals surface area contributed by atoms with E-state index in [1.165, 1.54) is 12.8 Å². The lowest BCUT2D eigenvalue weighted by Gasteiger charge is -2.07. The summed E-state index contributed by atoms with van der Waals surface area (Å²) in [5.74, 6) is 0.0563. The summed E-state index contributed by atoms with van der Waals surface area (Å²) < 4.78 is 1.62. The summed E-state index contributed by atoms with van der Waals surface area (Å²) in [5, 5.41) is 7.95. The summed E-state index contributed by atoms with van der Waals surface area (Å²) in [6.07, 6.45) is 8.95. The maximum atomic E-state index is 12.6. The second-order valence-electron chi connectivity index (χ2n) is 5.02. The van der Waals surface area contributed by atoms with Crippen LogP contribution in [0.15, 0.2) is 48.2 Å². The van der Waals surface area contributed by atoms with Gasteiger partial charge in [-0.15, -0.1) is 5.10 Å². The molecule has 0 saturated carbocycles. The van der Waals surface area contributed by atoms with Crippen LogP contribution in [0.4, 0.5) is 0 Å². The molecular weight excluding hydrogens is 250 g/mol. The Labute approximate surface area is 118 Å². The first kappa shape index (κ1) is 12.8. The largest absolute Gasteiger partial charge is 0.287 e. The monoisotopic (exact) mass is 267 g/mol. The van der Waals surface area contributed by atoms with Crippen LogP contribution < -0.4 is 0 Å². The van der Waals surface area contributed by atoms with Gasteiger partial charge in [-0.3, -0.25) is 4.79 Å². The van der Waals surface area contributed by atoms with Crippen LogP contribution in [0.25, 0.3) is 5.69 Å².